The Morgan fingerprint density at radius 3 is 2.27 bits per heavy atom. The average Bonchev–Trinajstić information content (AvgIpc) is 4.01. The van der Waals surface area contributed by atoms with Crippen LogP contribution in [0, 0.1) is 49.2 Å². The van der Waals surface area contributed by atoms with E-state index in [1.807, 2.05) is 56.5 Å². The molecule has 2 aromatic heterocycles. The Bertz CT molecular complexity index is 3270. The van der Waals surface area contributed by atoms with Gasteiger partial charge in [-0.05, 0) is 92.3 Å². The third-order valence-corrected chi connectivity index (χ3v) is 15.6. The molecule has 2 aliphatic rings. The highest BCUT2D eigenvalue weighted by atomic mass is 35.5. The maximum Gasteiger partial charge on any atom is 0.251 e. The molecule has 2 unspecified atom stereocenters. The van der Waals surface area contributed by atoms with Gasteiger partial charge < -0.3 is 35.5 Å². The van der Waals surface area contributed by atoms with Crippen molar-refractivity contribution in [1.29, 1.82) is 5.26 Å². The summed E-state index contributed by atoms with van der Waals surface area (Å²) in [7, 11) is 1.37. The van der Waals surface area contributed by atoms with Gasteiger partial charge in [0.1, 0.15) is 39.7 Å². The SMILES string of the molecule is COc1cc(C(=O)NCCOCCOCCNC(=O)C[C@@H]2N=C(c3ccc(Cl)cc3)c3c(sc(C)c3C)-n3c(C)nnc32)ccc1NC(=O)[C@@H]1NC(CC(C)(C)C)[C@](C#N)(c2ccc(Cl)cc2F)C1c1cccc(Cl)c1F. The van der Waals surface area contributed by atoms with Crippen LogP contribution in [0.4, 0.5) is 14.5 Å². The summed E-state index contributed by atoms with van der Waals surface area (Å²) in [5.74, 6) is -2.82. The highest BCUT2D eigenvalue weighted by Gasteiger charge is 2.61. The fourth-order valence-electron chi connectivity index (χ4n) is 10.0. The molecule has 0 spiro atoms. The highest BCUT2D eigenvalue weighted by molar-refractivity contribution is 7.15. The minimum Gasteiger partial charge on any atom is -0.495 e. The van der Waals surface area contributed by atoms with E-state index in [2.05, 4.69) is 51.4 Å². The van der Waals surface area contributed by atoms with Crippen molar-refractivity contribution in [3.63, 3.8) is 0 Å². The summed E-state index contributed by atoms with van der Waals surface area (Å²) >= 11 is 20.3. The van der Waals surface area contributed by atoms with Gasteiger partial charge >= 0.3 is 0 Å². The number of ether oxygens (including phenoxy) is 3. The predicted molar refractivity (Wildman–Crippen MR) is 294 cm³/mol. The molecule has 0 aliphatic carbocycles. The Morgan fingerprint density at radius 1 is 0.896 bits per heavy atom. The number of fused-ring (bicyclic) bond motifs is 3. The standard InChI is InChI=1S/C56H58Cl3F2N9O6S/c1-30-31(2)77-54-46(30)49(33-11-14-35(57)15-12-33)65-42(51-69-68-32(3)70(51)54)27-45(71)63-19-21-75-23-24-76-22-20-64-52(72)34-13-18-41(43(25-34)74-7)66-53(73)50-47(37-9-8-10-39(59)48(37)61)56(29-62,44(67-50)28-55(4,5)6)38-17-16-36(58)26-40(38)60/h8-18,25-26,42,44,47,50,67H,19-24,27-28H2,1-7H3,(H,63,71)(H,64,72)(H,66,73)/t42-,44?,47?,50+,56-/m0/s1. The van der Waals surface area contributed by atoms with Gasteiger partial charge in [0.05, 0.1) is 68.5 Å². The number of benzene rings is 4. The van der Waals surface area contributed by atoms with Gasteiger partial charge in [0.25, 0.3) is 5.91 Å². The lowest BCUT2D eigenvalue weighted by Gasteiger charge is -2.37. The number of anilines is 1. The zero-order valence-corrected chi connectivity index (χ0v) is 46.5. The minimum atomic E-state index is -1.82. The van der Waals surface area contributed by atoms with E-state index in [0.29, 0.717) is 16.7 Å². The van der Waals surface area contributed by atoms with Crippen LogP contribution < -0.4 is 26.0 Å². The number of rotatable bonds is 19. The van der Waals surface area contributed by atoms with Gasteiger partial charge in [0, 0.05) is 62.2 Å². The van der Waals surface area contributed by atoms with E-state index in [0.717, 1.165) is 38.3 Å². The van der Waals surface area contributed by atoms with Gasteiger partial charge in [-0.15, -0.1) is 21.5 Å². The summed E-state index contributed by atoms with van der Waals surface area (Å²) in [5, 5.41) is 33.3. The van der Waals surface area contributed by atoms with Crippen LogP contribution >= 0.6 is 46.1 Å². The van der Waals surface area contributed by atoms with E-state index < -0.39 is 58.3 Å². The van der Waals surface area contributed by atoms with Gasteiger partial charge in [0.15, 0.2) is 5.82 Å². The van der Waals surface area contributed by atoms with Crippen LogP contribution in [0.25, 0.3) is 5.00 Å². The number of hydrogen-bond acceptors (Lipinski definition) is 12. The third-order valence-electron chi connectivity index (χ3n) is 13.7. The fourth-order valence-corrected chi connectivity index (χ4v) is 11.7. The second-order valence-corrected chi connectivity index (χ2v) is 22.5. The molecule has 15 nitrogen and oxygen atoms in total. The molecule has 2 aliphatic heterocycles. The van der Waals surface area contributed by atoms with E-state index in [9.17, 15) is 19.6 Å². The Hall–Kier alpha value is -6.30. The molecule has 0 radical (unpaired) electrons. The number of halogens is 5. The van der Waals surface area contributed by atoms with Gasteiger partial charge in [-0.2, -0.15) is 5.26 Å². The number of carbonyl (C=O) groups excluding carboxylic acids is 3. The molecule has 0 saturated carbocycles. The Kier molecular flexibility index (Phi) is 17.8. The van der Waals surface area contributed by atoms with Crippen LogP contribution in [-0.2, 0) is 24.5 Å². The number of thiophene rings is 1. The molecule has 0 bridgehead atoms. The van der Waals surface area contributed by atoms with Gasteiger partial charge in [0.2, 0.25) is 11.8 Å². The molecule has 1 fully saturated rings. The zero-order chi connectivity index (χ0) is 55.3. The van der Waals surface area contributed by atoms with Gasteiger partial charge in [-0.3, -0.25) is 23.9 Å². The summed E-state index contributed by atoms with van der Waals surface area (Å²) in [6.45, 7) is 13.2. The summed E-state index contributed by atoms with van der Waals surface area (Å²) in [6, 6.07) is 19.8. The van der Waals surface area contributed by atoms with Crippen molar-refractivity contribution >= 4 is 75.3 Å². The van der Waals surface area contributed by atoms with Crippen molar-refractivity contribution in [2.45, 2.75) is 83.8 Å². The van der Waals surface area contributed by atoms with Gasteiger partial charge in [-0.1, -0.05) is 85.9 Å². The monoisotopic (exact) mass is 1130 g/mol. The molecule has 4 N–H and O–H groups in total. The Labute approximate surface area is 464 Å². The molecule has 5 atom stereocenters. The van der Waals surface area contributed by atoms with Gasteiger partial charge in [-0.25, -0.2) is 8.78 Å². The molecule has 404 valence electrons. The van der Waals surface area contributed by atoms with E-state index >= 15 is 8.78 Å². The molecule has 4 aromatic carbocycles. The number of hydrogen-bond donors (Lipinski definition) is 4. The topological polar surface area (TPSA) is 194 Å². The van der Waals surface area contributed by atoms with E-state index in [4.69, 9.17) is 54.0 Å². The first kappa shape index (κ1) is 56.9. The summed E-state index contributed by atoms with van der Waals surface area (Å²) in [5.41, 5.74) is 1.76. The number of nitrogens with one attached hydrogen (secondary N) is 4. The first-order valence-corrected chi connectivity index (χ1v) is 26.8. The van der Waals surface area contributed by atoms with Crippen molar-refractivity contribution in [3.05, 3.63) is 155 Å². The smallest absolute Gasteiger partial charge is 0.251 e. The van der Waals surface area contributed by atoms with Crippen molar-refractivity contribution in [1.82, 2.24) is 30.7 Å². The van der Waals surface area contributed by atoms with Crippen molar-refractivity contribution in [2.24, 2.45) is 10.4 Å². The lowest BCUT2D eigenvalue weighted by Crippen LogP contribution is -2.45. The zero-order valence-electron chi connectivity index (χ0n) is 43.5. The molecule has 8 rings (SSSR count). The second kappa shape index (κ2) is 24.2. The number of carbonyl (C=O) groups is 3. The van der Waals surface area contributed by atoms with E-state index in [-0.39, 0.29) is 96.4 Å². The molecule has 6 aromatic rings. The number of aryl methyl sites for hydroxylation is 2. The fraction of sp³-hybridized carbons (Fsp3) is 0.375. The maximum atomic E-state index is 16.2. The number of nitrogens with zero attached hydrogens (tertiary/aromatic N) is 5. The summed E-state index contributed by atoms with van der Waals surface area (Å²) in [6.07, 6.45) is 0.326. The quantitative estimate of drug-likeness (QED) is 0.0567. The number of aromatic nitrogens is 3. The number of nitriles is 1. The first-order valence-electron chi connectivity index (χ1n) is 24.9. The molecule has 77 heavy (non-hydrogen) atoms. The van der Waals surface area contributed by atoms with E-state index in [1.165, 1.54) is 55.6 Å². The molecule has 21 heteroatoms. The molecule has 3 amide bonds. The second-order valence-electron chi connectivity index (χ2n) is 20.0. The lowest BCUT2D eigenvalue weighted by atomic mass is 9.62. The Morgan fingerprint density at radius 2 is 1.60 bits per heavy atom. The van der Waals surface area contributed by atoms with Crippen molar-refractivity contribution < 1.29 is 37.4 Å². The molecule has 1 saturated heterocycles. The normalized spacial score (nSPS) is 18.9. The van der Waals surface area contributed by atoms with Crippen molar-refractivity contribution in [2.75, 3.05) is 51.9 Å². The van der Waals surface area contributed by atoms with E-state index in [1.54, 1.807) is 11.3 Å². The molecular weight excluding hydrogens is 1070 g/mol. The van der Waals surface area contributed by atoms with Crippen LogP contribution in [0.1, 0.15) is 100 Å². The maximum absolute atomic E-state index is 16.2. The summed E-state index contributed by atoms with van der Waals surface area (Å²) in [4.78, 5) is 47.5. The Balaban J connectivity index is 0.829. The summed E-state index contributed by atoms with van der Waals surface area (Å²) < 4.78 is 51.3. The highest BCUT2D eigenvalue weighted by Crippen LogP contribution is 2.53. The number of aliphatic imine (C=N–C) groups is 1. The van der Waals surface area contributed by atoms with Crippen LogP contribution in [-0.4, -0.2) is 96.9 Å². The third kappa shape index (κ3) is 12.2. The number of methoxy groups -OCH3 is 1. The average molecular weight is 1130 g/mol. The first-order chi connectivity index (χ1) is 36.8. The van der Waals surface area contributed by atoms with Crippen LogP contribution in [0.3, 0.4) is 0 Å². The van der Waals surface area contributed by atoms with Crippen molar-refractivity contribution in [3.8, 4) is 16.8 Å². The molecule has 4 heterocycles. The largest absolute Gasteiger partial charge is 0.495 e. The van der Waals surface area contributed by atoms with Crippen LogP contribution in [0.15, 0.2) is 83.9 Å². The molecular formula is C56H58Cl3F2N9O6S. The minimum absolute atomic E-state index is 0.0392. The predicted octanol–water partition coefficient (Wildman–Crippen LogP) is 10.3. The lowest BCUT2D eigenvalue weighted by molar-refractivity contribution is -0.121. The van der Waals surface area contributed by atoms with Crippen LogP contribution in [0.2, 0.25) is 15.1 Å². The number of amides is 3. The van der Waals surface area contributed by atoms with Crippen LogP contribution in [0.5, 0.6) is 5.75 Å².